The number of nitrogens with zero attached hydrogens (tertiary/aromatic N) is 3. The molecule has 1 aliphatic rings. The van der Waals surface area contributed by atoms with Crippen LogP contribution in [0.2, 0.25) is 0 Å². The maximum absolute atomic E-state index is 12.6. The molecule has 2 N–H and O–H groups in total. The third-order valence-electron chi connectivity index (χ3n) is 4.80. The number of hydrogen-bond acceptors (Lipinski definition) is 6. The molecule has 10 heteroatoms. The number of ether oxygens (including phenoxy) is 1. The van der Waals surface area contributed by atoms with E-state index < -0.39 is 17.6 Å². The van der Waals surface area contributed by atoms with Crippen molar-refractivity contribution in [1.82, 2.24) is 15.3 Å². The van der Waals surface area contributed by atoms with Crippen molar-refractivity contribution in [3.05, 3.63) is 54.2 Å². The summed E-state index contributed by atoms with van der Waals surface area (Å²) >= 11 is 0. The van der Waals surface area contributed by atoms with E-state index in [0.717, 1.165) is 49.2 Å². The zero-order valence-corrected chi connectivity index (χ0v) is 16.4. The third-order valence-corrected chi connectivity index (χ3v) is 4.80. The lowest BCUT2D eigenvalue weighted by Crippen LogP contribution is -2.44. The van der Waals surface area contributed by atoms with Gasteiger partial charge in [0.2, 0.25) is 5.95 Å². The van der Waals surface area contributed by atoms with Gasteiger partial charge in [0.15, 0.2) is 6.61 Å². The molecule has 2 aromatic carbocycles. The number of piperazine rings is 1. The summed E-state index contributed by atoms with van der Waals surface area (Å²) < 4.78 is 43.0. The van der Waals surface area contributed by atoms with Crippen LogP contribution < -0.4 is 20.3 Å². The summed E-state index contributed by atoms with van der Waals surface area (Å²) in [5.74, 6) is 0.420. The van der Waals surface area contributed by atoms with Crippen molar-refractivity contribution in [2.24, 2.45) is 0 Å². The highest BCUT2D eigenvalue weighted by atomic mass is 19.4. The van der Waals surface area contributed by atoms with Crippen molar-refractivity contribution >= 4 is 28.4 Å². The number of halogens is 3. The fourth-order valence-corrected chi connectivity index (χ4v) is 3.20. The number of fused-ring (bicyclic) bond motifs is 1. The molecule has 162 valence electrons. The average molecular weight is 431 g/mol. The summed E-state index contributed by atoms with van der Waals surface area (Å²) in [6.07, 6.45) is -2.70. The van der Waals surface area contributed by atoms with Crippen LogP contribution in [0, 0.1) is 0 Å². The van der Waals surface area contributed by atoms with Crippen LogP contribution in [-0.4, -0.2) is 48.7 Å². The molecular formula is C21H20F3N5O2. The zero-order valence-electron chi connectivity index (χ0n) is 16.4. The van der Waals surface area contributed by atoms with Gasteiger partial charge in [0.1, 0.15) is 5.75 Å². The lowest BCUT2D eigenvalue weighted by atomic mass is 10.2. The molecule has 0 saturated carbocycles. The van der Waals surface area contributed by atoms with Gasteiger partial charge in [0.05, 0.1) is 11.1 Å². The Balaban J connectivity index is 1.36. The molecule has 7 nitrogen and oxygen atoms in total. The van der Waals surface area contributed by atoms with Gasteiger partial charge in [-0.3, -0.25) is 4.79 Å². The van der Waals surface area contributed by atoms with Gasteiger partial charge in [0.25, 0.3) is 5.91 Å². The predicted molar refractivity (Wildman–Crippen MR) is 110 cm³/mol. The topological polar surface area (TPSA) is 79.4 Å². The fraction of sp³-hybridized carbons (Fsp3) is 0.286. The molecule has 0 spiro atoms. The minimum Gasteiger partial charge on any atom is -0.484 e. The highest BCUT2D eigenvalue weighted by molar-refractivity contribution is 5.94. The second-order valence-corrected chi connectivity index (χ2v) is 7.04. The van der Waals surface area contributed by atoms with Crippen LogP contribution in [0.3, 0.4) is 0 Å². The number of hydrogen-bond donors (Lipinski definition) is 2. The molecule has 31 heavy (non-hydrogen) atoms. The number of benzene rings is 2. The van der Waals surface area contributed by atoms with Crippen LogP contribution in [0.4, 0.5) is 24.8 Å². The Morgan fingerprint density at radius 2 is 1.87 bits per heavy atom. The van der Waals surface area contributed by atoms with Gasteiger partial charge in [0, 0.05) is 43.4 Å². The highest BCUT2D eigenvalue weighted by Gasteiger charge is 2.30. The van der Waals surface area contributed by atoms with Crippen LogP contribution in [0.15, 0.2) is 48.7 Å². The van der Waals surface area contributed by atoms with Crippen molar-refractivity contribution < 1.29 is 22.7 Å². The number of alkyl halides is 3. The molecule has 1 amide bonds. The quantitative estimate of drug-likeness (QED) is 0.647. The summed E-state index contributed by atoms with van der Waals surface area (Å²) in [5, 5.41) is 6.76. The van der Waals surface area contributed by atoms with Crippen molar-refractivity contribution in [2.45, 2.75) is 6.18 Å². The predicted octanol–water partition coefficient (Wildman–Crippen LogP) is 3.08. The Kier molecular flexibility index (Phi) is 5.90. The van der Waals surface area contributed by atoms with Gasteiger partial charge in [-0.25, -0.2) is 9.97 Å². The Morgan fingerprint density at radius 1 is 1.13 bits per heavy atom. The summed E-state index contributed by atoms with van der Waals surface area (Å²) in [6, 6.07) is 9.46. The number of aromatic nitrogens is 2. The largest absolute Gasteiger partial charge is 0.484 e. The molecule has 2 heterocycles. The van der Waals surface area contributed by atoms with E-state index in [4.69, 9.17) is 4.74 Å². The van der Waals surface area contributed by atoms with Crippen LogP contribution in [0.25, 0.3) is 10.9 Å². The number of amides is 1. The Bertz CT molecular complexity index is 1070. The van der Waals surface area contributed by atoms with E-state index in [0.29, 0.717) is 11.6 Å². The first-order chi connectivity index (χ1) is 14.9. The van der Waals surface area contributed by atoms with Crippen molar-refractivity contribution in [1.29, 1.82) is 0 Å². The molecule has 0 aliphatic carbocycles. The summed E-state index contributed by atoms with van der Waals surface area (Å²) in [5.41, 5.74) is 0.539. The van der Waals surface area contributed by atoms with Crippen LogP contribution >= 0.6 is 0 Å². The first-order valence-corrected chi connectivity index (χ1v) is 9.71. The van der Waals surface area contributed by atoms with E-state index in [2.05, 4.69) is 25.5 Å². The van der Waals surface area contributed by atoms with Crippen molar-refractivity contribution in [2.75, 3.05) is 43.0 Å². The highest BCUT2D eigenvalue weighted by Crippen LogP contribution is 2.30. The van der Waals surface area contributed by atoms with Gasteiger partial charge in [-0.2, -0.15) is 13.2 Å². The molecule has 0 bridgehead atoms. The van der Waals surface area contributed by atoms with E-state index in [-0.39, 0.29) is 12.4 Å². The molecule has 1 aromatic heterocycles. The SMILES string of the molecule is O=C(COc1ccc(C(F)(F)F)cc1)Nc1ccc2nc(N3CCNCC3)ncc2c1. The molecule has 1 saturated heterocycles. The Labute approximate surface area is 176 Å². The summed E-state index contributed by atoms with van der Waals surface area (Å²) in [6.45, 7) is 3.14. The number of nitrogens with one attached hydrogen (secondary N) is 2. The molecular weight excluding hydrogens is 411 g/mol. The number of rotatable bonds is 5. The maximum atomic E-state index is 12.6. The Hall–Kier alpha value is -3.40. The molecule has 3 aromatic rings. The normalized spacial score (nSPS) is 14.5. The molecule has 4 rings (SSSR count). The molecule has 0 unspecified atom stereocenters. The number of carbonyl (C=O) groups excluding carboxylic acids is 1. The van der Waals surface area contributed by atoms with Gasteiger partial charge < -0.3 is 20.3 Å². The van der Waals surface area contributed by atoms with Gasteiger partial charge in [-0.15, -0.1) is 0 Å². The minimum absolute atomic E-state index is 0.176. The summed E-state index contributed by atoms with van der Waals surface area (Å²) in [7, 11) is 0. The van der Waals surface area contributed by atoms with Gasteiger partial charge in [-0.05, 0) is 42.5 Å². The number of anilines is 2. The van der Waals surface area contributed by atoms with Gasteiger partial charge >= 0.3 is 6.18 Å². The van der Waals surface area contributed by atoms with E-state index in [1.807, 2.05) is 0 Å². The van der Waals surface area contributed by atoms with Crippen molar-refractivity contribution in [3.8, 4) is 5.75 Å². The average Bonchev–Trinajstić information content (AvgIpc) is 2.77. The third kappa shape index (κ3) is 5.21. The lowest BCUT2D eigenvalue weighted by Gasteiger charge is -2.27. The van der Waals surface area contributed by atoms with Crippen LogP contribution in [-0.2, 0) is 11.0 Å². The van der Waals surface area contributed by atoms with Crippen molar-refractivity contribution in [3.63, 3.8) is 0 Å². The fourth-order valence-electron chi connectivity index (χ4n) is 3.20. The van der Waals surface area contributed by atoms with Gasteiger partial charge in [-0.1, -0.05) is 0 Å². The van der Waals surface area contributed by atoms with Crippen LogP contribution in [0.5, 0.6) is 5.75 Å². The first kappa shape index (κ1) is 20.9. The second-order valence-electron chi connectivity index (χ2n) is 7.04. The number of carbonyl (C=O) groups is 1. The monoisotopic (exact) mass is 431 g/mol. The molecule has 0 radical (unpaired) electrons. The van der Waals surface area contributed by atoms with Crippen LogP contribution in [0.1, 0.15) is 5.56 Å². The van der Waals surface area contributed by atoms with E-state index in [1.54, 1.807) is 24.4 Å². The van der Waals surface area contributed by atoms with E-state index in [9.17, 15) is 18.0 Å². The summed E-state index contributed by atoms with van der Waals surface area (Å²) in [4.78, 5) is 23.3. The maximum Gasteiger partial charge on any atom is 0.416 e. The molecule has 0 atom stereocenters. The smallest absolute Gasteiger partial charge is 0.416 e. The zero-order chi connectivity index (χ0) is 21.8. The molecule has 1 aliphatic heterocycles. The lowest BCUT2D eigenvalue weighted by molar-refractivity contribution is -0.137. The first-order valence-electron chi connectivity index (χ1n) is 9.71. The standard InChI is InChI=1S/C21H20F3N5O2/c22-21(23,24)15-1-4-17(5-2-15)31-13-19(30)27-16-3-6-18-14(11-16)12-26-20(28-18)29-9-7-25-8-10-29/h1-6,11-12,25H,7-10,13H2,(H,27,30). The minimum atomic E-state index is -4.42. The van der Waals surface area contributed by atoms with E-state index >= 15 is 0 Å². The Morgan fingerprint density at radius 3 is 2.58 bits per heavy atom. The second kappa shape index (κ2) is 8.76. The van der Waals surface area contributed by atoms with E-state index in [1.165, 1.54) is 12.1 Å². The molecule has 1 fully saturated rings.